The van der Waals surface area contributed by atoms with E-state index in [1.54, 1.807) is 6.92 Å². The highest BCUT2D eigenvalue weighted by atomic mass is 16.1. The molecule has 0 saturated carbocycles. The standard InChI is InChI=1S/C12H24N2O/c1-9-8-14(6)10(2)7-12(9,11(3)15)13(4)5/h9-10H,7-8H2,1-6H3. The highest BCUT2D eigenvalue weighted by Crippen LogP contribution is 2.35. The van der Waals surface area contributed by atoms with Gasteiger partial charge < -0.3 is 4.90 Å². The summed E-state index contributed by atoms with van der Waals surface area (Å²) in [7, 11) is 6.19. The average molecular weight is 212 g/mol. The summed E-state index contributed by atoms with van der Waals surface area (Å²) in [5, 5.41) is 0. The molecule has 3 heteroatoms. The molecule has 0 aliphatic carbocycles. The van der Waals surface area contributed by atoms with Crippen LogP contribution in [0.15, 0.2) is 0 Å². The lowest BCUT2D eigenvalue weighted by Crippen LogP contribution is -2.63. The molecule has 0 aromatic carbocycles. The highest BCUT2D eigenvalue weighted by Gasteiger charge is 2.47. The number of likely N-dealkylation sites (tertiary alicyclic amines) is 1. The fraction of sp³-hybridized carbons (Fsp3) is 0.917. The number of likely N-dealkylation sites (N-methyl/N-ethyl adjacent to an activating group) is 1. The Morgan fingerprint density at radius 1 is 1.40 bits per heavy atom. The second-order valence-corrected chi connectivity index (χ2v) is 5.27. The van der Waals surface area contributed by atoms with Gasteiger partial charge >= 0.3 is 0 Å². The lowest BCUT2D eigenvalue weighted by Gasteiger charge is -2.51. The molecular formula is C12H24N2O. The normalized spacial score (nSPS) is 38.3. The van der Waals surface area contributed by atoms with Crippen molar-refractivity contribution in [2.75, 3.05) is 27.7 Å². The van der Waals surface area contributed by atoms with Gasteiger partial charge in [0, 0.05) is 12.6 Å². The molecule has 1 rings (SSSR count). The van der Waals surface area contributed by atoms with Crippen LogP contribution in [0.5, 0.6) is 0 Å². The Hall–Kier alpha value is -0.410. The smallest absolute Gasteiger partial charge is 0.150 e. The quantitative estimate of drug-likeness (QED) is 0.688. The molecule has 0 radical (unpaired) electrons. The number of piperidine rings is 1. The van der Waals surface area contributed by atoms with Crippen LogP contribution in [-0.4, -0.2) is 54.9 Å². The molecule has 3 unspecified atom stereocenters. The largest absolute Gasteiger partial charge is 0.303 e. The van der Waals surface area contributed by atoms with Gasteiger partial charge in [0.15, 0.2) is 0 Å². The Labute approximate surface area is 93.4 Å². The van der Waals surface area contributed by atoms with E-state index in [1.807, 2.05) is 14.1 Å². The Bertz CT molecular complexity index is 252. The Morgan fingerprint density at radius 2 is 1.93 bits per heavy atom. The molecule has 3 nitrogen and oxygen atoms in total. The number of Topliss-reactive ketones (excluding diaryl/α,β-unsaturated/α-hetero) is 1. The molecule has 0 spiro atoms. The minimum atomic E-state index is -0.258. The lowest BCUT2D eigenvalue weighted by molar-refractivity contribution is -0.136. The maximum Gasteiger partial charge on any atom is 0.150 e. The summed E-state index contributed by atoms with van der Waals surface area (Å²) in [6.07, 6.45) is 0.938. The van der Waals surface area contributed by atoms with Gasteiger partial charge in [0.25, 0.3) is 0 Å². The number of carbonyl (C=O) groups is 1. The molecule has 1 fully saturated rings. The van der Waals surface area contributed by atoms with Gasteiger partial charge in [0.2, 0.25) is 0 Å². The maximum absolute atomic E-state index is 12.0. The van der Waals surface area contributed by atoms with Crippen molar-refractivity contribution in [1.29, 1.82) is 0 Å². The van der Waals surface area contributed by atoms with Crippen LogP contribution in [-0.2, 0) is 4.79 Å². The molecule has 3 atom stereocenters. The zero-order valence-corrected chi connectivity index (χ0v) is 10.9. The van der Waals surface area contributed by atoms with Crippen molar-refractivity contribution in [2.24, 2.45) is 5.92 Å². The molecule has 15 heavy (non-hydrogen) atoms. The van der Waals surface area contributed by atoms with Crippen LogP contribution >= 0.6 is 0 Å². The summed E-state index contributed by atoms with van der Waals surface area (Å²) in [4.78, 5) is 16.4. The number of ketones is 1. The minimum Gasteiger partial charge on any atom is -0.303 e. The van der Waals surface area contributed by atoms with Crippen molar-refractivity contribution in [2.45, 2.75) is 38.8 Å². The van der Waals surface area contributed by atoms with Crippen LogP contribution in [0.4, 0.5) is 0 Å². The number of hydrogen-bond donors (Lipinski definition) is 0. The van der Waals surface area contributed by atoms with Crippen molar-refractivity contribution < 1.29 is 4.79 Å². The van der Waals surface area contributed by atoms with E-state index in [2.05, 4.69) is 30.7 Å². The van der Waals surface area contributed by atoms with E-state index in [-0.39, 0.29) is 5.54 Å². The molecule has 1 aliphatic rings. The van der Waals surface area contributed by atoms with Crippen molar-refractivity contribution in [3.8, 4) is 0 Å². The third kappa shape index (κ3) is 1.95. The van der Waals surface area contributed by atoms with Gasteiger partial charge in [0.1, 0.15) is 5.78 Å². The van der Waals surface area contributed by atoms with Crippen LogP contribution < -0.4 is 0 Å². The van der Waals surface area contributed by atoms with Crippen molar-refractivity contribution in [3.05, 3.63) is 0 Å². The zero-order chi connectivity index (χ0) is 11.8. The Morgan fingerprint density at radius 3 is 2.33 bits per heavy atom. The minimum absolute atomic E-state index is 0.258. The summed E-state index contributed by atoms with van der Waals surface area (Å²) in [5.74, 6) is 0.700. The SMILES string of the molecule is CC(=O)C1(N(C)C)CC(C)N(C)CC1C. The van der Waals surface area contributed by atoms with E-state index in [0.717, 1.165) is 13.0 Å². The Balaban J connectivity index is 3.02. The first-order valence-electron chi connectivity index (χ1n) is 5.71. The third-order valence-electron chi connectivity index (χ3n) is 4.14. The topological polar surface area (TPSA) is 23.6 Å². The fourth-order valence-corrected chi connectivity index (χ4v) is 3.00. The molecule has 0 amide bonds. The first-order valence-corrected chi connectivity index (χ1v) is 5.71. The van der Waals surface area contributed by atoms with Crippen LogP contribution in [0.2, 0.25) is 0 Å². The molecule has 0 N–H and O–H groups in total. The van der Waals surface area contributed by atoms with Gasteiger partial charge in [-0.1, -0.05) is 6.92 Å². The van der Waals surface area contributed by atoms with E-state index in [1.165, 1.54) is 0 Å². The Kier molecular flexibility index (Phi) is 3.56. The summed E-state index contributed by atoms with van der Waals surface area (Å²) in [6, 6.07) is 0.479. The van der Waals surface area contributed by atoms with E-state index >= 15 is 0 Å². The maximum atomic E-state index is 12.0. The molecule has 1 aliphatic heterocycles. The predicted octanol–water partition coefficient (Wildman–Crippen LogP) is 1.24. The zero-order valence-electron chi connectivity index (χ0n) is 10.9. The van der Waals surface area contributed by atoms with Gasteiger partial charge in [-0.3, -0.25) is 9.69 Å². The number of carbonyl (C=O) groups excluding carboxylic acids is 1. The van der Waals surface area contributed by atoms with Crippen molar-refractivity contribution in [1.82, 2.24) is 9.80 Å². The van der Waals surface area contributed by atoms with Crippen molar-refractivity contribution in [3.63, 3.8) is 0 Å². The summed E-state index contributed by atoms with van der Waals surface area (Å²) < 4.78 is 0. The molecule has 0 aromatic heterocycles. The molecule has 88 valence electrons. The molecule has 1 heterocycles. The summed E-state index contributed by atoms with van der Waals surface area (Å²) >= 11 is 0. The van der Waals surface area contributed by atoms with Crippen LogP contribution in [0.1, 0.15) is 27.2 Å². The van der Waals surface area contributed by atoms with Crippen LogP contribution in [0, 0.1) is 5.92 Å². The highest BCUT2D eigenvalue weighted by molar-refractivity contribution is 5.86. The third-order valence-corrected chi connectivity index (χ3v) is 4.14. The summed E-state index contributed by atoms with van der Waals surface area (Å²) in [5.41, 5.74) is -0.258. The van der Waals surface area contributed by atoms with Gasteiger partial charge in [-0.2, -0.15) is 0 Å². The molecular weight excluding hydrogens is 188 g/mol. The molecule has 0 bridgehead atoms. The van der Waals surface area contributed by atoms with E-state index in [9.17, 15) is 4.79 Å². The number of hydrogen-bond acceptors (Lipinski definition) is 3. The van der Waals surface area contributed by atoms with E-state index in [4.69, 9.17) is 0 Å². The average Bonchev–Trinajstić information content (AvgIpc) is 2.10. The van der Waals surface area contributed by atoms with Crippen LogP contribution in [0.25, 0.3) is 0 Å². The molecule has 0 aromatic rings. The van der Waals surface area contributed by atoms with Gasteiger partial charge in [-0.15, -0.1) is 0 Å². The van der Waals surface area contributed by atoms with Gasteiger partial charge in [0.05, 0.1) is 5.54 Å². The van der Waals surface area contributed by atoms with Crippen molar-refractivity contribution >= 4 is 5.78 Å². The predicted molar refractivity (Wildman–Crippen MR) is 63.0 cm³/mol. The lowest BCUT2D eigenvalue weighted by atomic mass is 9.72. The number of nitrogens with zero attached hydrogens (tertiary/aromatic N) is 2. The monoisotopic (exact) mass is 212 g/mol. The van der Waals surface area contributed by atoms with Gasteiger partial charge in [-0.25, -0.2) is 0 Å². The first kappa shape index (κ1) is 12.7. The fourth-order valence-electron chi connectivity index (χ4n) is 3.00. The second kappa shape index (κ2) is 4.22. The molecule has 1 saturated heterocycles. The second-order valence-electron chi connectivity index (χ2n) is 5.27. The first-order chi connectivity index (χ1) is 6.82. The summed E-state index contributed by atoms with van der Waals surface area (Å²) in [6.45, 7) is 7.12. The van der Waals surface area contributed by atoms with Gasteiger partial charge in [-0.05, 0) is 47.3 Å². The van der Waals surface area contributed by atoms with E-state index in [0.29, 0.717) is 17.7 Å². The van der Waals surface area contributed by atoms with Crippen LogP contribution in [0.3, 0.4) is 0 Å². The van der Waals surface area contributed by atoms with E-state index < -0.39 is 0 Å². The number of rotatable bonds is 2.